The molecule has 0 aliphatic rings. The number of non-ortho nitro benzene ring substituents is 1. The van der Waals surface area contributed by atoms with Crippen LogP contribution >= 0.6 is 0 Å². The SMILES string of the molecule is O=[N+]([O-])c1ccc(S(=O)(=O)C=Cc2ccc(F)c(F)c2)cc1. The molecule has 22 heavy (non-hydrogen) atoms. The van der Waals surface area contributed by atoms with Gasteiger partial charge in [-0.1, -0.05) is 6.07 Å². The minimum Gasteiger partial charge on any atom is -0.258 e. The van der Waals surface area contributed by atoms with Gasteiger partial charge in [0.2, 0.25) is 0 Å². The topological polar surface area (TPSA) is 77.3 Å². The number of nitro groups is 1. The second-order valence-corrected chi connectivity index (χ2v) is 6.11. The van der Waals surface area contributed by atoms with Gasteiger partial charge in [0.15, 0.2) is 21.5 Å². The summed E-state index contributed by atoms with van der Waals surface area (Å²) >= 11 is 0. The van der Waals surface area contributed by atoms with Crippen LogP contribution in [0.3, 0.4) is 0 Å². The van der Waals surface area contributed by atoms with Crippen LogP contribution in [0.1, 0.15) is 5.56 Å². The van der Waals surface area contributed by atoms with Gasteiger partial charge in [-0.2, -0.15) is 0 Å². The van der Waals surface area contributed by atoms with Gasteiger partial charge in [0.25, 0.3) is 5.69 Å². The minimum atomic E-state index is -3.84. The predicted octanol–water partition coefficient (Wildman–Crippen LogP) is 3.32. The van der Waals surface area contributed by atoms with Crippen molar-refractivity contribution in [3.63, 3.8) is 0 Å². The lowest BCUT2D eigenvalue weighted by Gasteiger charge is -1.99. The molecule has 0 spiro atoms. The van der Waals surface area contributed by atoms with Crippen molar-refractivity contribution in [1.82, 2.24) is 0 Å². The molecule has 2 aromatic carbocycles. The zero-order valence-electron chi connectivity index (χ0n) is 10.9. The van der Waals surface area contributed by atoms with Crippen molar-refractivity contribution < 1.29 is 22.1 Å². The number of sulfone groups is 1. The van der Waals surface area contributed by atoms with E-state index in [0.29, 0.717) is 0 Å². The van der Waals surface area contributed by atoms with E-state index in [2.05, 4.69) is 0 Å². The second-order valence-electron chi connectivity index (χ2n) is 4.27. The largest absolute Gasteiger partial charge is 0.269 e. The van der Waals surface area contributed by atoms with E-state index in [-0.39, 0.29) is 16.1 Å². The third kappa shape index (κ3) is 3.53. The van der Waals surface area contributed by atoms with Crippen molar-refractivity contribution in [3.8, 4) is 0 Å². The third-order valence-corrected chi connectivity index (χ3v) is 4.18. The first-order chi connectivity index (χ1) is 10.3. The molecule has 8 heteroatoms. The van der Waals surface area contributed by atoms with Crippen LogP contribution in [0.4, 0.5) is 14.5 Å². The summed E-state index contributed by atoms with van der Waals surface area (Å²) in [4.78, 5) is 9.72. The Kier molecular flexibility index (Phi) is 4.32. The van der Waals surface area contributed by atoms with E-state index in [0.717, 1.165) is 47.9 Å². The minimum absolute atomic E-state index is 0.142. The number of benzene rings is 2. The molecule has 0 fully saturated rings. The molecule has 0 atom stereocenters. The summed E-state index contributed by atoms with van der Waals surface area (Å²) in [6.45, 7) is 0. The zero-order valence-corrected chi connectivity index (χ0v) is 11.8. The highest BCUT2D eigenvalue weighted by atomic mass is 32.2. The number of hydrogen-bond donors (Lipinski definition) is 0. The van der Waals surface area contributed by atoms with Crippen molar-refractivity contribution in [1.29, 1.82) is 0 Å². The van der Waals surface area contributed by atoms with E-state index >= 15 is 0 Å². The van der Waals surface area contributed by atoms with Crippen LogP contribution in [0.15, 0.2) is 52.8 Å². The predicted molar refractivity (Wildman–Crippen MR) is 75.7 cm³/mol. The summed E-state index contributed by atoms with van der Waals surface area (Å²) in [7, 11) is -3.84. The molecule has 0 radical (unpaired) electrons. The average Bonchev–Trinajstić information content (AvgIpc) is 2.48. The highest BCUT2D eigenvalue weighted by Gasteiger charge is 2.13. The number of nitrogens with zero attached hydrogens (tertiary/aromatic N) is 1. The molecule has 0 saturated carbocycles. The van der Waals surface area contributed by atoms with Gasteiger partial charge < -0.3 is 0 Å². The third-order valence-electron chi connectivity index (χ3n) is 2.76. The molecule has 2 aromatic rings. The number of hydrogen-bond acceptors (Lipinski definition) is 4. The highest BCUT2D eigenvalue weighted by molar-refractivity contribution is 7.94. The van der Waals surface area contributed by atoms with Gasteiger partial charge in [-0.3, -0.25) is 10.1 Å². The summed E-state index contributed by atoms with van der Waals surface area (Å²) in [5.41, 5.74) is -0.0621. The fourth-order valence-corrected chi connectivity index (χ4v) is 2.63. The van der Waals surface area contributed by atoms with E-state index in [1.165, 1.54) is 6.07 Å². The highest BCUT2D eigenvalue weighted by Crippen LogP contribution is 2.19. The lowest BCUT2D eigenvalue weighted by Crippen LogP contribution is -1.97. The van der Waals surface area contributed by atoms with E-state index in [4.69, 9.17) is 0 Å². The molecule has 0 heterocycles. The summed E-state index contributed by atoms with van der Waals surface area (Å²) in [5.74, 6) is -2.12. The van der Waals surface area contributed by atoms with E-state index < -0.39 is 26.4 Å². The molecular formula is C14H9F2NO4S. The van der Waals surface area contributed by atoms with Crippen molar-refractivity contribution in [3.05, 3.63) is 75.2 Å². The summed E-state index contributed by atoms with van der Waals surface area (Å²) in [5, 5.41) is 11.3. The average molecular weight is 325 g/mol. The van der Waals surface area contributed by atoms with Crippen LogP contribution in [0.2, 0.25) is 0 Å². The molecular weight excluding hydrogens is 316 g/mol. The van der Waals surface area contributed by atoms with Gasteiger partial charge in [-0.15, -0.1) is 0 Å². The van der Waals surface area contributed by atoms with Gasteiger partial charge in [0.1, 0.15) is 0 Å². The molecule has 2 rings (SSSR count). The van der Waals surface area contributed by atoms with E-state index in [1.54, 1.807) is 0 Å². The smallest absolute Gasteiger partial charge is 0.258 e. The van der Waals surface area contributed by atoms with Gasteiger partial charge in [-0.25, -0.2) is 17.2 Å². The molecule has 0 saturated heterocycles. The maximum atomic E-state index is 13.0. The number of halogens is 2. The maximum Gasteiger partial charge on any atom is 0.269 e. The van der Waals surface area contributed by atoms with Crippen molar-refractivity contribution >= 4 is 21.6 Å². The Morgan fingerprint density at radius 3 is 2.18 bits per heavy atom. The molecule has 0 bridgehead atoms. The Morgan fingerprint density at radius 1 is 1.00 bits per heavy atom. The molecule has 114 valence electrons. The molecule has 0 aliphatic carbocycles. The van der Waals surface area contributed by atoms with Crippen molar-refractivity contribution in [2.75, 3.05) is 0 Å². The lowest BCUT2D eigenvalue weighted by atomic mass is 10.2. The normalized spacial score (nSPS) is 11.7. The molecule has 0 N–H and O–H groups in total. The summed E-state index contributed by atoms with van der Waals surface area (Å²) in [6.07, 6.45) is 1.11. The Hall–Kier alpha value is -2.61. The quantitative estimate of drug-likeness (QED) is 0.638. The number of rotatable bonds is 4. The Morgan fingerprint density at radius 2 is 1.64 bits per heavy atom. The monoisotopic (exact) mass is 325 g/mol. The Labute approximate surface area is 124 Å². The summed E-state index contributed by atoms with van der Waals surface area (Å²) in [6, 6.07) is 7.30. The van der Waals surface area contributed by atoms with Gasteiger partial charge >= 0.3 is 0 Å². The van der Waals surface area contributed by atoms with Crippen molar-refractivity contribution in [2.24, 2.45) is 0 Å². The van der Waals surface area contributed by atoms with Crippen LogP contribution in [0, 0.1) is 21.7 Å². The Bertz CT molecular complexity index is 846. The molecule has 0 aliphatic heterocycles. The maximum absolute atomic E-state index is 13.0. The Balaban J connectivity index is 2.28. The molecule has 0 unspecified atom stereocenters. The fourth-order valence-electron chi connectivity index (χ4n) is 1.62. The van der Waals surface area contributed by atoms with Crippen LogP contribution in [0.25, 0.3) is 6.08 Å². The first-order valence-corrected chi connectivity index (χ1v) is 7.47. The zero-order chi connectivity index (χ0) is 16.3. The molecule has 5 nitrogen and oxygen atoms in total. The first-order valence-electron chi connectivity index (χ1n) is 5.92. The number of nitro benzene ring substituents is 1. The van der Waals surface area contributed by atoms with Crippen LogP contribution in [-0.2, 0) is 9.84 Å². The van der Waals surface area contributed by atoms with Gasteiger partial charge in [0, 0.05) is 17.5 Å². The van der Waals surface area contributed by atoms with Crippen LogP contribution in [-0.4, -0.2) is 13.3 Å². The second kappa shape index (κ2) is 6.02. The van der Waals surface area contributed by atoms with Gasteiger partial charge in [-0.05, 0) is 35.9 Å². The van der Waals surface area contributed by atoms with Crippen molar-refractivity contribution in [2.45, 2.75) is 4.90 Å². The van der Waals surface area contributed by atoms with Crippen LogP contribution < -0.4 is 0 Å². The lowest BCUT2D eigenvalue weighted by molar-refractivity contribution is -0.384. The summed E-state index contributed by atoms with van der Waals surface area (Å²) < 4.78 is 49.8. The van der Waals surface area contributed by atoms with E-state index in [9.17, 15) is 27.3 Å². The van der Waals surface area contributed by atoms with Crippen LogP contribution in [0.5, 0.6) is 0 Å². The molecule has 0 amide bonds. The first kappa shape index (κ1) is 15.8. The van der Waals surface area contributed by atoms with E-state index in [1.807, 2.05) is 0 Å². The standard InChI is InChI=1S/C14H9F2NO4S/c15-13-6-1-10(9-14(13)16)7-8-22(20,21)12-4-2-11(3-5-12)17(18)19/h1-9H. The molecule has 0 aromatic heterocycles. The fraction of sp³-hybridized carbons (Fsp3) is 0. The van der Waals surface area contributed by atoms with Gasteiger partial charge in [0.05, 0.1) is 9.82 Å².